The minimum Gasteiger partial charge on any atom is -0.357 e. The van der Waals surface area contributed by atoms with Gasteiger partial charge in [0, 0.05) is 24.9 Å². The number of hydrogen-bond donors (Lipinski definition) is 2. The number of halogens is 1. The zero-order valence-corrected chi connectivity index (χ0v) is 16.3. The van der Waals surface area contributed by atoms with Gasteiger partial charge < -0.3 is 10.6 Å². The van der Waals surface area contributed by atoms with Gasteiger partial charge in [-0.05, 0) is 39.1 Å². The van der Waals surface area contributed by atoms with E-state index in [9.17, 15) is 0 Å². The zero-order valence-electron chi connectivity index (χ0n) is 13.2. The molecule has 1 aliphatic heterocycles. The van der Waals surface area contributed by atoms with Gasteiger partial charge in [-0.3, -0.25) is 9.89 Å². The van der Waals surface area contributed by atoms with Crippen molar-refractivity contribution in [3.8, 4) is 0 Å². The molecule has 0 aromatic carbocycles. The molecule has 0 aromatic heterocycles. The SMILES string of the molecule is CCNC(=NCC1CCCCN1CC)NCCSC.I. The zero-order chi connectivity index (χ0) is 13.9. The van der Waals surface area contributed by atoms with Crippen LogP contribution in [0.3, 0.4) is 0 Å². The minimum absolute atomic E-state index is 0. The van der Waals surface area contributed by atoms with Crippen molar-refractivity contribution in [1.29, 1.82) is 0 Å². The quantitative estimate of drug-likeness (QED) is 0.291. The molecule has 0 bridgehead atoms. The van der Waals surface area contributed by atoms with E-state index in [1.807, 2.05) is 11.8 Å². The van der Waals surface area contributed by atoms with E-state index in [2.05, 4.69) is 35.6 Å². The molecule has 0 spiro atoms. The van der Waals surface area contributed by atoms with Gasteiger partial charge in [-0.15, -0.1) is 24.0 Å². The first-order chi connectivity index (χ1) is 9.31. The highest BCUT2D eigenvalue weighted by atomic mass is 127. The molecule has 0 radical (unpaired) electrons. The molecule has 1 atom stereocenters. The van der Waals surface area contributed by atoms with Crippen LogP contribution in [0.15, 0.2) is 4.99 Å². The van der Waals surface area contributed by atoms with E-state index in [4.69, 9.17) is 4.99 Å². The first-order valence-electron chi connectivity index (χ1n) is 7.57. The number of thioether (sulfide) groups is 1. The van der Waals surface area contributed by atoms with Crippen molar-refractivity contribution in [3.63, 3.8) is 0 Å². The summed E-state index contributed by atoms with van der Waals surface area (Å²) in [6.45, 7) is 9.59. The Balaban J connectivity index is 0.00000361. The third-order valence-corrected chi connectivity index (χ3v) is 4.17. The summed E-state index contributed by atoms with van der Waals surface area (Å²) >= 11 is 1.86. The molecule has 4 nitrogen and oxygen atoms in total. The minimum atomic E-state index is 0. The van der Waals surface area contributed by atoms with E-state index in [1.165, 1.54) is 25.8 Å². The fourth-order valence-corrected chi connectivity index (χ4v) is 2.80. The average Bonchev–Trinajstić information content (AvgIpc) is 2.45. The number of likely N-dealkylation sites (N-methyl/N-ethyl adjacent to an activating group) is 1. The number of nitrogens with one attached hydrogen (secondary N) is 2. The number of nitrogens with zero attached hydrogens (tertiary/aromatic N) is 2. The van der Waals surface area contributed by atoms with Crippen LogP contribution < -0.4 is 10.6 Å². The Morgan fingerprint density at radius 1 is 1.30 bits per heavy atom. The molecule has 6 heteroatoms. The van der Waals surface area contributed by atoms with Crippen LogP contribution in [0, 0.1) is 0 Å². The number of likely N-dealkylation sites (tertiary alicyclic amines) is 1. The lowest BCUT2D eigenvalue weighted by Crippen LogP contribution is -2.43. The standard InChI is InChI=1S/C14H30N4S.HI/c1-4-15-14(16-9-11-19-3)17-12-13-8-6-7-10-18(13)5-2;/h13H,4-12H2,1-3H3,(H2,15,16,17);1H. The van der Waals surface area contributed by atoms with Crippen LogP contribution in [0.25, 0.3) is 0 Å². The van der Waals surface area contributed by atoms with Crippen LogP contribution in [0.1, 0.15) is 33.1 Å². The van der Waals surface area contributed by atoms with Gasteiger partial charge in [0.1, 0.15) is 0 Å². The molecule has 1 rings (SSSR count). The Labute approximate surface area is 145 Å². The fourth-order valence-electron chi connectivity index (χ4n) is 2.49. The summed E-state index contributed by atoms with van der Waals surface area (Å²) in [6, 6.07) is 0.634. The molecule has 20 heavy (non-hydrogen) atoms. The monoisotopic (exact) mass is 414 g/mol. The molecular formula is C14H31IN4S. The number of guanidine groups is 1. The topological polar surface area (TPSA) is 39.7 Å². The summed E-state index contributed by atoms with van der Waals surface area (Å²) in [5, 5.41) is 6.72. The van der Waals surface area contributed by atoms with Gasteiger partial charge in [-0.25, -0.2) is 0 Å². The van der Waals surface area contributed by atoms with E-state index in [0.717, 1.165) is 37.9 Å². The maximum Gasteiger partial charge on any atom is 0.191 e. The number of hydrogen-bond acceptors (Lipinski definition) is 3. The Morgan fingerprint density at radius 2 is 2.10 bits per heavy atom. The van der Waals surface area contributed by atoms with Crippen LogP contribution in [-0.2, 0) is 0 Å². The van der Waals surface area contributed by atoms with E-state index in [-0.39, 0.29) is 24.0 Å². The lowest BCUT2D eigenvalue weighted by molar-refractivity contribution is 0.161. The molecule has 0 amide bonds. The predicted molar refractivity (Wildman–Crippen MR) is 103 cm³/mol. The highest BCUT2D eigenvalue weighted by Gasteiger charge is 2.20. The lowest BCUT2D eigenvalue weighted by Gasteiger charge is -2.33. The average molecular weight is 414 g/mol. The first-order valence-corrected chi connectivity index (χ1v) is 8.96. The Kier molecular flexibility index (Phi) is 13.2. The lowest BCUT2D eigenvalue weighted by atomic mass is 10.0. The first kappa shape index (κ1) is 20.3. The van der Waals surface area contributed by atoms with Crippen molar-refractivity contribution in [2.24, 2.45) is 4.99 Å². The van der Waals surface area contributed by atoms with Crippen LogP contribution in [0.4, 0.5) is 0 Å². The summed E-state index contributed by atoms with van der Waals surface area (Å²) in [4.78, 5) is 7.32. The van der Waals surface area contributed by atoms with Crippen molar-refractivity contribution in [2.45, 2.75) is 39.2 Å². The maximum atomic E-state index is 4.75. The van der Waals surface area contributed by atoms with Crippen LogP contribution in [0.2, 0.25) is 0 Å². The molecule has 0 aromatic rings. The van der Waals surface area contributed by atoms with Crippen LogP contribution in [0.5, 0.6) is 0 Å². The molecule has 1 heterocycles. The second kappa shape index (κ2) is 13.0. The molecule has 120 valence electrons. The maximum absolute atomic E-state index is 4.75. The van der Waals surface area contributed by atoms with Crippen molar-refractivity contribution in [1.82, 2.24) is 15.5 Å². The highest BCUT2D eigenvalue weighted by molar-refractivity contribution is 14.0. The van der Waals surface area contributed by atoms with Crippen molar-refractivity contribution < 1.29 is 0 Å². The van der Waals surface area contributed by atoms with Gasteiger partial charge in [0.25, 0.3) is 0 Å². The second-order valence-corrected chi connectivity index (χ2v) is 5.90. The van der Waals surface area contributed by atoms with Crippen molar-refractivity contribution in [3.05, 3.63) is 0 Å². The Hall–Kier alpha value is 0.310. The fraction of sp³-hybridized carbons (Fsp3) is 0.929. The summed E-state index contributed by atoms with van der Waals surface area (Å²) in [5.74, 6) is 2.09. The van der Waals surface area contributed by atoms with Gasteiger partial charge in [-0.2, -0.15) is 11.8 Å². The van der Waals surface area contributed by atoms with Crippen molar-refractivity contribution >= 4 is 41.7 Å². The van der Waals surface area contributed by atoms with Crippen LogP contribution in [-0.4, -0.2) is 61.6 Å². The summed E-state index contributed by atoms with van der Waals surface area (Å²) in [5.41, 5.74) is 0. The van der Waals surface area contributed by atoms with Gasteiger partial charge in [-0.1, -0.05) is 13.3 Å². The van der Waals surface area contributed by atoms with Gasteiger partial charge in [0.15, 0.2) is 5.96 Å². The molecule has 0 saturated carbocycles. The number of rotatable bonds is 7. The van der Waals surface area contributed by atoms with Gasteiger partial charge in [0.2, 0.25) is 0 Å². The second-order valence-electron chi connectivity index (χ2n) is 4.92. The third-order valence-electron chi connectivity index (χ3n) is 3.56. The number of aliphatic imine (C=N–C) groups is 1. The van der Waals surface area contributed by atoms with Gasteiger partial charge in [0.05, 0.1) is 6.54 Å². The smallest absolute Gasteiger partial charge is 0.191 e. The largest absolute Gasteiger partial charge is 0.357 e. The molecular weight excluding hydrogens is 383 g/mol. The normalized spacial score (nSPS) is 20.4. The highest BCUT2D eigenvalue weighted by Crippen LogP contribution is 2.16. The molecule has 1 unspecified atom stereocenters. The summed E-state index contributed by atoms with van der Waals surface area (Å²) in [6.07, 6.45) is 6.13. The molecule has 1 aliphatic rings. The third kappa shape index (κ3) is 7.93. The molecule has 1 saturated heterocycles. The van der Waals surface area contributed by atoms with Crippen LogP contribution >= 0.6 is 35.7 Å². The van der Waals surface area contributed by atoms with E-state index in [0.29, 0.717) is 6.04 Å². The van der Waals surface area contributed by atoms with Crippen molar-refractivity contribution in [2.75, 3.05) is 44.7 Å². The molecule has 1 fully saturated rings. The predicted octanol–water partition coefficient (Wildman–Crippen LogP) is 2.40. The van der Waals surface area contributed by atoms with E-state index in [1.54, 1.807) is 0 Å². The number of piperidine rings is 1. The molecule has 2 N–H and O–H groups in total. The molecule has 0 aliphatic carbocycles. The summed E-state index contributed by atoms with van der Waals surface area (Å²) in [7, 11) is 0. The van der Waals surface area contributed by atoms with Gasteiger partial charge >= 0.3 is 0 Å². The van der Waals surface area contributed by atoms with E-state index < -0.39 is 0 Å². The Morgan fingerprint density at radius 3 is 2.75 bits per heavy atom. The Bertz CT molecular complexity index is 264. The summed E-state index contributed by atoms with van der Waals surface area (Å²) < 4.78 is 0. The van der Waals surface area contributed by atoms with E-state index >= 15 is 0 Å².